The van der Waals surface area contributed by atoms with Crippen molar-refractivity contribution in [1.29, 1.82) is 0 Å². The maximum atomic E-state index is 13.2. The summed E-state index contributed by atoms with van der Waals surface area (Å²) in [6.07, 6.45) is 8.69. The minimum absolute atomic E-state index is 0. The number of hydrogen-bond donors (Lipinski definition) is 0. The summed E-state index contributed by atoms with van der Waals surface area (Å²) < 4.78 is 2.35. The average molecular weight is 610 g/mol. The van der Waals surface area contributed by atoms with Crippen molar-refractivity contribution in [3.63, 3.8) is 0 Å². The lowest BCUT2D eigenvalue weighted by Crippen LogP contribution is -2.50. The number of benzene rings is 2. The van der Waals surface area contributed by atoms with Gasteiger partial charge < -0.3 is 19.6 Å². The number of aromatic carboxylic acids is 1. The Morgan fingerprint density at radius 2 is 1.66 bits per heavy atom. The fourth-order valence-electron chi connectivity index (χ4n) is 6.51. The second-order valence-corrected chi connectivity index (χ2v) is 16.5. The number of allylic oxidation sites excluding steroid dienone is 5. The molecule has 0 radical (unpaired) electrons. The highest BCUT2D eigenvalue weighted by Gasteiger charge is 2.42. The number of anilines is 1. The summed E-state index contributed by atoms with van der Waals surface area (Å²) >= 11 is 0. The van der Waals surface area contributed by atoms with Crippen molar-refractivity contribution in [2.24, 2.45) is 0 Å². The number of rotatable bonds is 5. The molecule has 0 spiro atoms. The zero-order valence-corrected chi connectivity index (χ0v) is 25.1. The summed E-state index contributed by atoms with van der Waals surface area (Å²) in [5, 5.41) is 15.4. The zero-order chi connectivity index (χ0) is 30.0. The Morgan fingerprint density at radius 1 is 0.932 bits per heavy atom. The second kappa shape index (κ2) is 10.9. The van der Waals surface area contributed by atoms with Gasteiger partial charge in [0.1, 0.15) is 21.2 Å². The summed E-state index contributed by atoms with van der Waals surface area (Å²) in [4.78, 5) is 57.4. The molecule has 10 heteroatoms. The molecule has 4 aliphatic heterocycles. The number of nitrogens with zero attached hydrogens (tertiary/aromatic N) is 3. The Kier molecular flexibility index (Phi) is 7.28. The molecule has 9 nitrogen and oxygen atoms in total. The summed E-state index contributed by atoms with van der Waals surface area (Å²) in [7, 11) is -2.27. The number of carboxylic acids is 1. The summed E-state index contributed by atoms with van der Waals surface area (Å²) in [5.74, 6) is -3.45. The third kappa shape index (κ3) is 4.64. The van der Waals surface area contributed by atoms with Crippen molar-refractivity contribution < 1.29 is 33.7 Å². The van der Waals surface area contributed by atoms with Crippen molar-refractivity contribution in [3.05, 3.63) is 87.6 Å². The second-order valence-electron chi connectivity index (χ2n) is 12.1. The van der Waals surface area contributed by atoms with Gasteiger partial charge in [0.15, 0.2) is 5.71 Å². The standard InChI is InChI=1S/C33H31N3O6Si.CH4/c1-43(2)27-18-21(34-13-3-14-34)6-9-24(27)31(25-10-7-22(19-28(25)43)35-15-4-16-35)26-17-20(5-8-23(26)32(39)40)33(41)42-36-29(37)11-12-30(36)38;/h5-10,17-19H,3-4,11-16H2,1-2H3;1H4. The van der Waals surface area contributed by atoms with Gasteiger partial charge in [0.25, 0.3) is 11.8 Å². The highest BCUT2D eigenvalue weighted by atomic mass is 28.3. The van der Waals surface area contributed by atoms with Crippen LogP contribution in [0.5, 0.6) is 0 Å². The lowest BCUT2D eigenvalue weighted by molar-refractivity contribution is -0.582. The predicted molar refractivity (Wildman–Crippen MR) is 167 cm³/mol. The molecule has 2 amide bonds. The Balaban J connectivity index is 0.00000343. The normalized spacial score (nSPS) is 19.9. The van der Waals surface area contributed by atoms with Gasteiger partial charge in [-0.1, -0.05) is 32.7 Å². The number of carboxylic acid groups (broad SMARTS) is 1. The molecule has 1 aliphatic carbocycles. The molecule has 5 aliphatic rings. The molecule has 2 aromatic rings. The highest BCUT2D eigenvalue weighted by Crippen LogP contribution is 2.43. The van der Waals surface area contributed by atoms with Crippen LogP contribution in [0.4, 0.5) is 5.69 Å². The number of hydroxylamine groups is 2. The summed E-state index contributed by atoms with van der Waals surface area (Å²) in [6, 6.07) is 10.6. The van der Waals surface area contributed by atoms with Crippen LogP contribution in [0.1, 0.15) is 65.0 Å². The van der Waals surface area contributed by atoms with Crippen LogP contribution < -0.4 is 15.2 Å². The van der Waals surface area contributed by atoms with Gasteiger partial charge >= 0.3 is 5.97 Å². The lowest BCUT2D eigenvalue weighted by Gasteiger charge is -2.40. The molecule has 0 bridgehead atoms. The van der Waals surface area contributed by atoms with Crippen molar-refractivity contribution in [2.45, 2.75) is 46.2 Å². The molecule has 0 aromatic heterocycles. The van der Waals surface area contributed by atoms with E-state index in [9.17, 15) is 24.3 Å². The van der Waals surface area contributed by atoms with E-state index in [2.05, 4.69) is 59.0 Å². The van der Waals surface area contributed by atoms with Gasteiger partial charge in [-0.05, 0) is 69.4 Å². The molecule has 226 valence electrons. The van der Waals surface area contributed by atoms with Gasteiger partial charge in [-0.15, -0.1) is 5.06 Å². The maximum absolute atomic E-state index is 13.2. The first-order valence-electron chi connectivity index (χ1n) is 14.7. The van der Waals surface area contributed by atoms with Crippen molar-refractivity contribution in [3.8, 4) is 0 Å². The number of fused-ring (bicyclic) bond motifs is 2. The summed E-state index contributed by atoms with van der Waals surface area (Å²) in [5.41, 5.74) is 5.19. The number of carbonyl (C=O) groups is 4. The van der Waals surface area contributed by atoms with E-state index < -0.39 is 31.8 Å². The molecular formula is C34H35N3O6Si. The molecule has 0 saturated carbocycles. The van der Waals surface area contributed by atoms with Crippen LogP contribution >= 0.6 is 0 Å². The SMILES string of the molecule is C.C[Si]1(C)C2=CC(=[N+]3CCC3)C=CC2=C(c2cc(C(=O)ON3C(=O)CCC3=O)ccc2C(=O)[O-])c2ccc(N3CCC3)cc21. The van der Waals surface area contributed by atoms with Gasteiger partial charge in [0, 0.05) is 49.3 Å². The molecule has 4 heterocycles. The van der Waals surface area contributed by atoms with E-state index in [1.165, 1.54) is 28.6 Å². The molecule has 3 fully saturated rings. The van der Waals surface area contributed by atoms with Crippen LogP contribution in [-0.2, 0) is 14.4 Å². The Bertz CT molecular complexity index is 1760. The first-order valence-corrected chi connectivity index (χ1v) is 17.7. The molecule has 44 heavy (non-hydrogen) atoms. The molecule has 0 N–H and O–H groups in total. The van der Waals surface area contributed by atoms with Crippen LogP contribution in [-0.4, -0.2) is 73.4 Å². The fourth-order valence-corrected chi connectivity index (χ4v) is 9.58. The Morgan fingerprint density at radius 3 is 2.27 bits per heavy atom. The van der Waals surface area contributed by atoms with Gasteiger partial charge in [0.05, 0.1) is 18.0 Å². The Hall–Kier alpha value is -4.57. The zero-order valence-electron chi connectivity index (χ0n) is 24.1. The van der Waals surface area contributed by atoms with Gasteiger partial charge in [0.2, 0.25) is 0 Å². The van der Waals surface area contributed by atoms with Crippen molar-refractivity contribution in [1.82, 2.24) is 5.06 Å². The molecule has 0 unspecified atom stereocenters. The molecular weight excluding hydrogens is 574 g/mol. The van der Waals surface area contributed by atoms with Crippen molar-refractivity contribution >= 4 is 54.0 Å². The van der Waals surface area contributed by atoms with Gasteiger partial charge in [-0.25, -0.2) is 9.37 Å². The van der Waals surface area contributed by atoms with Gasteiger partial charge in [-0.2, -0.15) is 0 Å². The monoisotopic (exact) mass is 609 g/mol. The quantitative estimate of drug-likeness (QED) is 0.291. The number of hydrogen-bond acceptors (Lipinski definition) is 7. The average Bonchev–Trinajstić information content (AvgIpc) is 3.24. The molecule has 0 atom stereocenters. The first kappa shape index (κ1) is 29.5. The number of carbonyl (C=O) groups excluding carboxylic acids is 4. The predicted octanol–water partition coefficient (Wildman–Crippen LogP) is 2.74. The third-order valence-corrected chi connectivity index (χ3v) is 12.8. The van der Waals surface area contributed by atoms with Gasteiger partial charge in [-0.3, -0.25) is 9.59 Å². The van der Waals surface area contributed by atoms with E-state index >= 15 is 0 Å². The van der Waals surface area contributed by atoms with E-state index in [-0.39, 0.29) is 31.4 Å². The molecule has 7 rings (SSSR count). The smallest absolute Gasteiger partial charge is 0.363 e. The van der Waals surface area contributed by atoms with E-state index in [0.717, 1.165) is 61.6 Å². The fraction of sp³-hybridized carbons (Fsp3) is 0.324. The van der Waals surface area contributed by atoms with E-state index in [0.29, 0.717) is 16.2 Å². The minimum Gasteiger partial charge on any atom is -0.545 e. The van der Waals surface area contributed by atoms with Crippen LogP contribution in [0.2, 0.25) is 13.1 Å². The summed E-state index contributed by atoms with van der Waals surface area (Å²) in [6.45, 7) is 8.70. The topological polar surface area (TPSA) is 110 Å². The van der Waals surface area contributed by atoms with Crippen LogP contribution in [0.15, 0.2) is 65.4 Å². The largest absolute Gasteiger partial charge is 0.545 e. The Labute approximate surface area is 257 Å². The number of amides is 2. The van der Waals surface area contributed by atoms with E-state index in [1.54, 1.807) is 0 Å². The van der Waals surface area contributed by atoms with E-state index in [1.807, 2.05) is 0 Å². The molecule has 3 saturated heterocycles. The van der Waals surface area contributed by atoms with Crippen molar-refractivity contribution in [2.75, 3.05) is 31.1 Å². The number of imide groups is 1. The van der Waals surface area contributed by atoms with E-state index in [4.69, 9.17) is 4.84 Å². The van der Waals surface area contributed by atoms with Crippen LogP contribution in [0.25, 0.3) is 5.57 Å². The van der Waals surface area contributed by atoms with Crippen LogP contribution in [0.3, 0.4) is 0 Å². The minimum atomic E-state index is -2.27. The first-order chi connectivity index (χ1) is 20.6. The maximum Gasteiger partial charge on any atom is 0.363 e. The highest BCUT2D eigenvalue weighted by molar-refractivity contribution is 6.98. The molecule has 2 aromatic carbocycles. The van der Waals surface area contributed by atoms with Crippen LogP contribution in [0, 0.1) is 0 Å². The lowest BCUT2D eigenvalue weighted by atomic mass is 9.86. The third-order valence-electron chi connectivity index (χ3n) is 9.26.